The normalized spacial score (nSPS) is 14.5. The maximum absolute atomic E-state index is 12.4. The van der Waals surface area contributed by atoms with Crippen molar-refractivity contribution in [3.05, 3.63) is 23.8 Å². The van der Waals surface area contributed by atoms with Crippen molar-refractivity contribution < 1.29 is 23.9 Å². The van der Waals surface area contributed by atoms with Gasteiger partial charge in [-0.1, -0.05) is 19.4 Å². The third-order valence-electron chi connectivity index (χ3n) is 4.23. The Balaban J connectivity index is 2.03. The molecule has 1 saturated heterocycles. The lowest BCUT2D eigenvalue weighted by Crippen LogP contribution is -2.40. The molecule has 0 spiro atoms. The number of ether oxygens (including phenoxy) is 2. The number of carbonyl (C=O) groups is 3. The van der Waals surface area contributed by atoms with Crippen molar-refractivity contribution in [2.24, 2.45) is 0 Å². The number of hydrogen-bond donors (Lipinski definition) is 0. The lowest BCUT2D eigenvalue weighted by Gasteiger charge is -2.23. The maximum atomic E-state index is 12.4. The molecule has 1 aromatic carbocycles. The Morgan fingerprint density at radius 2 is 1.74 bits per heavy atom. The first kappa shape index (κ1) is 20.7. The molecule has 0 bridgehead atoms. The molecular formula is C19H27N3O5. The highest BCUT2D eigenvalue weighted by Crippen LogP contribution is 2.28. The first-order valence-electron chi connectivity index (χ1n) is 9.08. The minimum atomic E-state index is -0.771. The van der Waals surface area contributed by atoms with Crippen LogP contribution in [0.3, 0.4) is 0 Å². The molecule has 148 valence electrons. The summed E-state index contributed by atoms with van der Waals surface area (Å²) in [5.74, 6) is -0.234. The van der Waals surface area contributed by atoms with Crippen LogP contribution in [-0.4, -0.2) is 66.5 Å². The second-order valence-electron chi connectivity index (χ2n) is 6.40. The fraction of sp³-hybridized carbons (Fsp3) is 0.526. The molecule has 0 radical (unpaired) electrons. The van der Waals surface area contributed by atoms with E-state index in [0.717, 1.165) is 21.8 Å². The van der Waals surface area contributed by atoms with Crippen LogP contribution in [0.25, 0.3) is 0 Å². The molecule has 8 nitrogen and oxygen atoms in total. The van der Waals surface area contributed by atoms with E-state index in [1.165, 1.54) is 0 Å². The van der Waals surface area contributed by atoms with Crippen molar-refractivity contribution in [3.63, 3.8) is 0 Å². The van der Waals surface area contributed by atoms with Gasteiger partial charge >= 0.3 is 17.8 Å². The number of rotatable bonds is 10. The summed E-state index contributed by atoms with van der Waals surface area (Å²) in [5, 5.41) is 0. The van der Waals surface area contributed by atoms with Gasteiger partial charge < -0.3 is 9.47 Å². The lowest BCUT2D eigenvalue weighted by molar-refractivity contribution is -0.143. The largest absolute Gasteiger partial charge is 0.493 e. The summed E-state index contributed by atoms with van der Waals surface area (Å²) in [6.45, 7) is 5.19. The highest BCUT2D eigenvalue weighted by molar-refractivity contribution is 6.44. The SMILES string of the molecule is CCCCN1C(=O)C(=O)N(CN(C)Cc2ccc(OCC)c(OC)c2)C1=O. The minimum Gasteiger partial charge on any atom is -0.493 e. The monoisotopic (exact) mass is 377 g/mol. The van der Waals surface area contributed by atoms with E-state index in [-0.39, 0.29) is 13.2 Å². The molecule has 0 saturated carbocycles. The Kier molecular flexibility index (Phi) is 7.18. The summed E-state index contributed by atoms with van der Waals surface area (Å²) >= 11 is 0. The molecule has 0 unspecified atom stereocenters. The van der Waals surface area contributed by atoms with Gasteiger partial charge in [-0.3, -0.25) is 19.4 Å². The third-order valence-corrected chi connectivity index (χ3v) is 4.23. The first-order chi connectivity index (χ1) is 12.9. The van der Waals surface area contributed by atoms with Crippen LogP contribution in [0.15, 0.2) is 18.2 Å². The second kappa shape index (κ2) is 9.36. The van der Waals surface area contributed by atoms with Gasteiger partial charge in [-0.15, -0.1) is 0 Å². The van der Waals surface area contributed by atoms with E-state index in [2.05, 4.69) is 0 Å². The van der Waals surface area contributed by atoms with Gasteiger partial charge in [0.15, 0.2) is 11.5 Å². The van der Waals surface area contributed by atoms with Gasteiger partial charge in [0, 0.05) is 13.1 Å². The Labute approximate surface area is 159 Å². The van der Waals surface area contributed by atoms with Crippen molar-refractivity contribution in [2.75, 3.05) is 34.0 Å². The van der Waals surface area contributed by atoms with Crippen LogP contribution in [0.2, 0.25) is 0 Å². The molecule has 1 aliphatic rings. The molecule has 0 aliphatic carbocycles. The van der Waals surface area contributed by atoms with Crippen molar-refractivity contribution in [2.45, 2.75) is 33.2 Å². The molecule has 4 amide bonds. The number of unbranched alkanes of at least 4 members (excludes halogenated alkanes) is 1. The van der Waals surface area contributed by atoms with Crippen molar-refractivity contribution in [1.82, 2.24) is 14.7 Å². The quantitative estimate of drug-likeness (QED) is 0.459. The molecular weight excluding hydrogens is 350 g/mol. The summed E-state index contributed by atoms with van der Waals surface area (Å²) in [6.07, 6.45) is 1.52. The molecule has 0 aromatic heterocycles. The Morgan fingerprint density at radius 3 is 2.37 bits per heavy atom. The van der Waals surface area contributed by atoms with E-state index in [0.29, 0.717) is 31.1 Å². The van der Waals surface area contributed by atoms with E-state index in [1.807, 2.05) is 32.0 Å². The zero-order chi connectivity index (χ0) is 20.0. The van der Waals surface area contributed by atoms with Crippen molar-refractivity contribution >= 4 is 17.8 Å². The fourth-order valence-electron chi connectivity index (χ4n) is 2.88. The standard InChI is InChI=1S/C19H27N3O5/c1-5-7-10-21-17(23)18(24)22(19(21)25)13-20(3)12-14-8-9-15(27-6-2)16(11-14)26-4/h8-9,11H,5-7,10,12-13H2,1-4H3. The molecule has 1 aromatic rings. The highest BCUT2D eigenvalue weighted by atomic mass is 16.5. The molecule has 27 heavy (non-hydrogen) atoms. The summed E-state index contributed by atoms with van der Waals surface area (Å²) in [5.41, 5.74) is 0.936. The number of urea groups is 1. The van der Waals surface area contributed by atoms with Gasteiger partial charge in [-0.05, 0) is 38.1 Å². The Hall–Kier alpha value is -2.61. The van der Waals surface area contributed by atoms with Crippen LogP contribution in [-0.2, 0) is 16.1 Å². The van der Waals surface area contributed by atoms with Crippen LogP contribution >= 0.6 is 0 Å². The zero-order valence-electron chi connectivity index (χ0n) is 16.4. The van der Waals surface area contributed by atoms with Crippen molar-refractivity contribution in [3.8, 4) is 11.5 Å². The van der Waals surface area contributed by atoms with Gasteiger partial charge in [0.05, 0.1) is 20.4 Å². The number of carbonyl (C=O) groups excluding carboxylic acids is 3. The van der Waals surface area contributed by atoms with Crippen LogP contribution in [0, 0.1) is 0 Å². The van der Waals surface area contributed by atoms with Crippen LogP contribution < -0.4 is 9.47 Å². The topological polar surface area (TPSA) is 79.4 Å². The van der Waals surface area contributed by atoms with Crippen LogP contribution in [0.1, 0.15) is 32.3 Å². The van der Waals surface area contributed by atoms with E-state index in [9.17, 15) is 14.4 Å². The molecule has 8 heteroatoms. The van der Waals surface area contributed by atoms with E-state index in [1.54, 1.807) is 19.1 Å². The molecule has 1 fully saturated rings. The Bertz CT molecular complexity index is 707. The number of benzene rings is 1. The predicted octanol–water partition coefficient (Wildman–Crippen LogP) is 2.07. The summed E-state index contributed by atoms with van der Waals surface area (Å²) in [4.78, 5) is 40.4. The maximum Gasteiger partial charge on any atom is 0.335 e. The molecule has 2 rings (SSSR count). The molecule has 0 atom stereocenters. The number of methoxy groups -OCH3 is 1. The first-order valence-corrected chi connectivity index (χ1v) is 9.08. The van der Waals surface area contributed by atoms with Gasteiger partial charge in [0.1, 0.15) is 0 Å². The van der Waals surface area contributed by atoms with Gasteiger partial charge in [-0.2, -0.15) is 0 Å². The smallest absolute Gasteiger partial charge is 0.335 e. The average molecular weight is 377 g/mol. The summed E-state index contributed by atoms with van der Waals surface area (Å²) < 4.78 is 10.8. The second-order valence-corrected chi connectivity index (χ2v) is 6.40. The lowest BCUT2D eigenvalue weighted by atomic mass is 10.2. The number of amides is 4. The zero-order valence-corrected chi connectivity index (χ0v) is 16.4. The average Bonchev–Trinajstić information content (AvgIpc) is 2.85. The molecule has 1 heterocycles. The molecule has 0 N–H and O–H groups in total. The molecule has 1 aliphatic heterocycles. The van der Waals surface area contributed by atoms with Gasteiger partial charge in [-0.25, -0.2) is 9.69 Å². The highest BCUT2D eigenvalue weighted by Gasteiger charge is 2.44. The number of imide groups is 2. The minimum absolute atomic E-state index is 0.0432. The van der Waals surface area contributed by atoms with Gasteiger partial charge in [0.25, 0.3) is 0 Å². The number of nitrogens with zero attached hydrogens (tertiary/aromatic N) is 3. The van der Waals surface area contributed by atoms with Gasteiger partial charge in [0.2, 0.25) is 0 Å². The number of hydrogen-bond acceptors (Lipinski definition) is 6. The van der Waals surface area contributed by atoms with E-state index in [4.69, 9.17) is 9.47 Å². The third kappa shape index (κ3) is 4.77. The van der Waals surface area contributed by atoms with Crippen molar-refractivity contribution in [1.29, 1.82) is 0 Å². The fourth-order valence-corrected chi connectivity index (χ4v) is 2.88. The predicted molar refractivity (Wildman–Crippen MR) is 99.4 cm³/mol. The van der Waals surface area contributed by atoms with Crippen LogP contribution in [0.5, 0.6) is 11.5 Å². The van der Waals surface area contributed by atoms with Crippen LogP contribution in [0.4, 0.5) is 4.79 Å². The van der Waals surface area contributed by atoms with E-state index >= 15 is 0 Å². The Morgan fingerprint density at radius 1 is 1.04 bits per heavy atom. The summed E-state index contributed by atoms with van der Waals surface area (Å²) in [6, 6.07) is 5.03. The van der Waals surface area contributed by atoms with E-state index < -0.39 is 17.8 Å². The summed E-state index contributed by atoms with van der Waals surface area (Å²) in [7, 11) is 3.35.